The highest BCUT2D eigenvalue weighted by Gasteiger charge is 2.36. The first kappa shape index (κ1) is 27.9. The second-order valence-corrected chi connectivity index (χ2v) is 11.3. The van der Waals surface area contributed by atoms with Gasteiger partial charge in [0.25, 0.3) is 11.5 Å². The average molecular weight is 621 g/mol. The maximum Gasteiger partial charge on any atom is 0.271 e. The number of ether oxygens (including phenoxy) is 2. The van der Waals surface area contributed by atoms with Crippen molar-refractivity contribution in [3.8, 4) is 11.5 Å². The van der Waals surface area contributed by atoms with E-state index in [2.05, 4.69) is 15.9 Å². The molecular formula is C31H30BrN3O4S. The third-order valence-corrected chi connectivity index (χ3v) is 8.68. The molecule has 1 atom stereocenters. The maximum atomic E-state index is 14.2. The molecule has 0 radical (unpaired) electrons. The Morgan fingerprint density at radius 3 is 2.48 bits per heavy atom. The lowest BCUT2D eigenvalue weighted by atomic mass is 9.90. The zero-order valence-corrected chi connectivity index (χ0v) is 25.4. The molecule has 3 aromatic carbocycles. The Morgan fingerprint density at radius 2 is 1.77 bits per heavy atom. The fourth-order valence-corrected chi connectivity index (χ4v) is 6.66. The smallest absolute Gasteiger partial charge is 0.271 e. The molecule has 0 bridgehead atoms. The minimum atomic E-state index is -0.725. The molecule has 0 unspecified atom stereocenters. The average Bonchev–Trinajstić information content (AvgIpc) is 3.26. The van der Waals surface area contributed by atoms with Gasteiger partial charge >= 0.3 is 0 Å². The fourth-order valence-electron chi connectivity index (χ4n) is 5.24. The van der Waals surface area contributed by atoms with Crippen molar-refractivity contribution in [2.24, 2.45) is 4.99 Å². The molecule has 0 saturated heterocycles. The van der Waals surface area contributed by atoms with Crippen LogP contribution in [0.2, 0.25) is 0 Å². The number of carbonyl (C=O) groups excluding carboxylic acids is 1. The van der Waals surface area contributed by atoms with Crippen LogP contribution in [0.5, 0.6) is 11.5 Å². The minimum absolute atomic E-state index is 0.144. The molecule has 0 aliphatic carbocycles. The molecule has 40 heavy (non-hydrogen) atoms. The van der Waals surface area contributed by atoms with Crippen molar-refractivity contribution in [2.75, 3.05) is 27.3 Å². The van der Waals surface area contributed by atoms with Crippen molar-refractivity contribution in [3.05, 3.63) is 101 Å². The van der Waals surface area contributed by atoms with E-state index in [1.165, 1.54) is 11.3 Å². The van der Waals surface area contributed by atoms with Crippen molar-refractivity contribution in [1.82, 2.24) is 9.47 Å². The van der Waals surface area contributed by atoms with Gasteiger partial charge in [-0.3, -0.25) is 14.2 Å². The molecule has 1 aliphatic heterocycles. The standard InChI is InChI=1S/C31H30BrN3O4S/c1-6-34(7-2)30(37)26-18(3)33-31-35(28(26)27-22-11-9-8-10-19(22)12-14-24(27)39-5)29(36)25(40-31)17-20-16-21(32)13-15-23(20)38-4/h8-17,28H,6-7H2,1-5H3/b25-17+/t28-/m0/s1. The summed E-state index contributed by atoms with van der Waals surface area (Å²) >= 11 is 4.81. The van der Waals surface area contributed by atoms with Gasteiger partial charge in [0, 0.05) is 28.7 Å². The predicted octanol–water partition coefficient (Wildman–Crippen LogP) is 5.04. The fraction of sp³-hybridized carbons (Fsp3) is 0.258. The van der Waals surface area contributed by atoms with Crippen molar-refractivity contribution < 1.29 is 14.3 Å². The number of thiazole rings is 1. The van der Waals surface area contributed by atoms with E-state index in [-0.39, 0.29) is 11.5 Å². The molecule has 2 heterocycles. The molecule has 0 fully saturated rings. The summed E-state index contributed by atoms with van der Waals surface area (Å²) in [5, 5.41) is 1.90. The van der Waals surface area contributed by atoms with E-state index in [0.717, 1.165) is 26.4 Å². The van der Waals surface area contributed by atoms with E-state index in [1.807, 2.05) is 81.4 Å². The van der Waals surface area contributed by atoms with Crippen LogP contribution < -0.4 is 24.4 Å². The SMILES string of the molecule is CCN(CC)C(=O)C1=C(C)N=c2s/c(=C/c3cc(Br)ccc3OC)c(=O)n2[C@@H]1c1c(OC)ccc2ccccc12. The summed E-state index contributed by atoms with van der Waals surface area (Å²) in [5.41, 5.74) is 2.35. The van der Waals surface area contributed by atoms with Gasteiger partial charge in [-0.15, -0.1) is 0 Å². The molecule has 206 valence electrons. The summed E-state index contributed by atoms with van der Waals surface area (Å²) in [4.78, 5) is 35.4. The Kier molecular flexibility index (Phi) is 7.96. The number of halogens is 1. The zero-order valence-electron chi connectivity index (χ0n) is 23.0. The van der Waals surface area contributed by atoms with Crippen LogP contribution in [0.4, 0.5) is 0 Å². The molecule has 9 heteroatoms. The summed E-state index contributed by atoms with van der Waals surface area (Å²) in [6.45, 7) is 6.82. The van der Waals surface area contributed by atoms with Gasteiger partial charge in [-0.05, 0) is 61.9 Å². The molecule has 1 aromatic heterocycles. The van der Waals surface area contributed by atoms with Crippen molar-refractivity contribution >= 4 is 50.0 Å². The van der Waals surface area contributed by atoms with E-state index in [9.17, 15) is 9.59 Å². The number of amides is 1. The minimum Gasteiger partial charge on any atom is -0.496 e. The van der Waals surface area contributed by atoms with Gasteiger partial charge in [-0.2, -0.15) is 0 Å². The number of rotatable bonds is 7. The van der Waals surface area contributed by atoms with Gasteiger partial charge in [0.15, 0.2) is 4.80 Å². The Bertz CT molecular complexity index is 1840. The van der Waals surface area contributed by atoms with Crippen molar-refractivity contribution in [1.29, 1.82) is 0 Å². The highest BCUT2D eigenvalue weighted by molar-refractivity contribution is 9.10. The van der Waals surface area contributed by atoms with Gasteiger partial charge < -0.3 is 14.4 Å². The Labute approximate surface area is 244 Å². The van der Waals surface area contributed by atoms with Gasteiger partial charge in [0.1, 0.15) is 17.5 Å². The highest BCUT2D eigenvalue weighted by atomic mass is 79.9. The number of fused-ring (bicyclic) bond motifs is 2. The van der Waals surface area contributed by atoms with Crippen LogP contribution in [0.25, 0.3) is 16.8 Å². The summed E-state index contributed by atoms with van der Waals surface area (Å²) in [7, 11) is 3.21. The van der Waals surface area contributed by atoms with Gasteiger partial charge in [0.05, 0.1) is 30.0 Å². The molecule has 0 spiro atoms. The first-order valence-electron chi connectivity index (χ1n) is 13.0. The second kappa shape index (κ2) is 11.4. The number of likely N-dealkylation sites (N-methyl/N-ethyl adjacent to an activating group) is 1. The Morgan fingerprint density at radius 1 is 1.07 bits per heavy atom. The lowest BCUT2D eigenvalue weighted by Gasteiger charge is -2.30. The van der Waals surface area contributed by atoms with E-state index >= 15 is 0 Å². The maximum absolute atomic E-state index is 14.2. The molecule has 0 saturated carbocycles. The normalized spacial score (nSPS) is 15.2. The van der Waals surface area contributed by atoms with Gasteiger partial charge in [-0.25, -0.2) is 4.99 Å². The number of carbonyl (C=O) groups is 1. The van der Waals surface area contributed by atoms with Gasteiger partial charge in [-0.1, -0.05) is 57.6 Å². The molecule has 1 amide bonds. The lowest BCUT2D eigenvalue weighted by Crippen LogP contribution is -2.43. The molecule has 0 N–H and O–H groups in total. The van der Waals surface area contributed by atoms with E-state index in [4.69, 9.17) is 14.5 Å². The zero-order chi connectivity index (χ0) is 28.6. The number of hydrogen-bond acceptors (Lipinski definition) is 6. The van der Waals surface area contributed by atoms with Crippen LogP contribution in [0.3, 0.4) is 0 Å². The van der Waals surface area contributed by atoms with Crippen LogP contribution in [0, 0.1) is 0 Å². The molecular weight excluding hydrogens is 590 g/mol. The highest BCUT2D eigenvalue weighted by Crippen LogP contribution is 2.40. The number of benzene rings is 3. The number of allylic oxidation sites excluding steroid dienone is 1. The predicted molar refractivity (Wildman–Crippen MR) is 163 cm³/mol. The Balaban J connectivity index is 1.86. The summed E-state index contributed by atoms with van der Waals surface area (Å²) in [6.07, 6.45) is 1.82. The molecule has 5 rings (SSSR count). The lowest BCUT2D eigenvalue weighted by molar-refractivity contribution is -0.127. The third-order valence-electron chi connectivity index (χ3n) is 7.21. The van der Waals surface area contributed by atoms with Crippen LogP contribution in [0.1, 0.15) is 37.9 Å². The number of methoxy groups -OCH3 is 2. The van der Waals surface area contributed by atoms with Crippen LogP contribution >= 0.6 is 27.3 Å². The van der Waals surface area contributed by atoms with Crippen molar-refractivity contribution in [3.63, 3.8) is 0 Å². The van der Waals surface area contributed by atoms with Crippen molar-refractivity contribution in [2.45, 2.75) is 26.8 Å². The second-order valence-electron chi connectivity index (χ2n) is 9.35. The Hall–Kier alpha value is -3.69. The molecule has 7 nitrogen and oxygen atoms in total. The summed E-state index contributed by atoms with van der Waals surface area (Å²) in [5.74, 6) is 1.11. The number of nitrogens with zero attached hydrogens (tertiary/aromatic N) is 3. The molecule has 4 aromatic rings. The third kappa shape index (κ3) is 4.77. The van der Waals surface area contributed by atoms with Crippen LogP contribution in [-0.4, -0.2) is 42.7 Å². The summed E-state index contributed by atoms with van der Waals surface area (Å²) < 4.78 is 14.4. The molecule has 1 aliphatic rings. The largest absolute Gasteiger partial charge is 0.496 e. The number of hydrogen-bond donors (Lipinski definition) is 0. The van der Waals surface area contributed by atoms with Gasteiger partial charge in [0.2, 0.25) is 0 Å². The van der Waals surface area contributed by atoms with Crippen LogP contribution in [-0.2, 0) is 4.79 Å². The monoisotopic (exact) mass is 619 g/mol. The van der Waals surface area contributed by atoms with E-state index in [1.54, 1.807) is 23.7 Å². The number of aromatic nitrogens is 1. The first-order chi connectivity index (χ1) is 19.3. The summed E-state index contributed by atoms with van der Waals surface area (Å²) in [6, 6.07) is 16.8. The topological polar surface area (TPSA) is 73.1 Å². The van der Waals surface area contributed by atoms with E-state index < -0.39 is 6.04 Å². The van der Waals surface area contributed by atoms with E-state index in [0.29, 0.717) is 45.2 Å². The quantitative estimate of drug-likeness (QED) is 0.291. The first-order valence-corrected chi connectivity index (χ1v) is 14.6. The van der Waals surface area contributed by atoms with Crippen LogP contribution in [0.15, 0.2) is 80.1 Å².